The van der Waals surface area contributed by atoms with Crippen molar-refractivity contribution in [2.45, 2.75) is 19.6 Å². The van der Waals surface area contributed by atoms with E-state index in [1.807, 2.05) is 66.7 Å². The SMILES string of the molecule is c1ccc(-c2nnc(-c3ccc4cc(-c5c(N6c7ccccc7Oc7ccccc76)c(N6c7ccccc7Sc7ccccc76)nc(N6c7ccccc7Oc7ccccc76)c5N5c6ccccc6Sc6ccccc65)ccc4c3)o2)cc1. The van der Waals surface area contributed by atoms with Gasteiger partial charge in [-0.3, -0.25) is 14.7 Å². The van der Waals surface area contributed by atoms with Crippen LogP contribution in [0.5, 0.6) is 23.0 Å². The van der Waals surface area contributed by atoms with E-state index in [0.29, 0.717) is 46.4 Å². The summed E-state index contributed by atoms with van der Waals surface area (Å²) in [6, 6.07) is 91.0. The first-order valence-electron chi connectivity index (χ1n) is 27.3. The predicted octanol–water partition coefficient (Wildman–Crippen LogP) is 20.6. The van der Waals surface area contributed by atoms with Crippen LogP contribution in [0.4, 0.5) is 68.5 Å². The summed E-state index contributed by atoms with van der Waals surface area (Å²) < 4.78 is 20.1. The van der Waals surface area contributed by atoms with Gasteiger partial charge in [0.05, 0.1) is 45.5 Å². The Kier molecular flexibility index (Phi) is 10.9. The monoisotopic (exact) mass is 1110 g/mol. The number of nitrogens with zero attached hydrogens (tertiary/aromatic N) is 7. The van der Waals surface area contributed by atoms with Crippen LogP contribution in [0.25, 0.3) is 44.8 Å². The highest BCUT2D eigenvalue weighted by atomic mass is 32.2. The van der Waals surface area contributed by atoms with Crippen LogP contribution in [0.3, 0.4) is 0 Å². The number of rotatable bonds is 7. The molecule has 6 heterocycles. The lowest BCUT2D eigenvalue weighted by Crippen LogP contribution is -2.27. The lowest BCUT2D eigenvalue weighted by atomic mass is 9.94. The molecule has 392 valence electrons. The van der Waals surface area contributed by atoms with Crippen molar-refractivity contribution in [3.8, 4) is 57.0 Å². The van der Waals surface area contributed by atoms with Gasteiger partial charge in [0.15, 0.2) is 34.6 Å². The molecular formula is C71H43N7O3S2. The van der Waals surface area contributed by atoms with E-state index in [1.165, 1.54) is 0 Å². The zero-order chi connectivity index (χ0) is 54.5. The van der Waals surface area contributed by atoms with Crippen molar-refractivity contribution in [3.05, 3.63) is 261 Å². The number of pyridine rings is 1. The molecular weight excluding hydrogens is 1060 g/mol. The second-order valence-electron chi connectivity index (χ2n) is 20.4. The number of para-hydroxylation sites is 12. The number of aromatic nitrogens is 3. The summed E-state index contributed by atoms with van der Waals surface area (Å²) in [6.07, 6.45) is 0. The average molecular weight is 1110 g/mol. The van der Waals surface area contributed by atoms with Gasteiger partial charge in [-0.05, 0) is 144 Å². The van der Waals surface area contributed by atoms with Gasteiger partial charge < -0.3 is 18.8 Å². The van der Waals surface area contributed by atoms with E-state index in [1.54, 1.807) is 23.5 Å². The minimum atomic E-state index is 0.444. The Balaban J connectivity index is 1.06. The van der Waals surface area contributed by atoms with E-state index in [0.717, 1.165) is 109 Å². The lowest BCUT2D eigenvalue weighted by Gasteiger charge is -2.43. The summed E-state index contributed by atoms with van der Waals surface area (Å²) in [4.78, 5) is 20.4. The molecule has 0 radical (unpaired) electrons. The van der Waals surface area contributed by atoms with Gasteiger partial charge in [0, 0.05) is 36.3 Å². The van der Waals surface area contributed by atoms with Crippen LogP contribution in [0.15, 0.2) is 285 Å². The first-order chi connectivity index (χ1) is 41.2. The molecule has 83 heavy (non-hydrogen) atoms. The summed E-state index contributed by atoms with van der Waals surface area (Å²) in [5, 5.41) is 11.0. The number of fused-ring (bicyclic) bond motifs is 9. The number of anilines is 12. The van der Waals surface area contributed by atoms with Crippen molar-refractivity contribution in [2.24, 2.45) is 0 Å². The second-order valence-corrected chi connectivity index (χ2v) is 22.5. The third-order valence-corrected chi connectivity index (χ3v) is 17.8. The maximum atomic E-state index is 6.91. The van der Waals surface area contributed by atoms with E-state index in [9.17, 15) is 0 Å². The number of benzene rings is 11. The highest BCUT2D eigenvalue weighted by Crippen LogP contribution is 2.66. The summed E-state index contributed by atoms with van der Waals surface area (Å²) in [5.74, 6) is 5.14. The van der Waals surface area contributed by atoms with Gasteiger partial charge in [-0.1, -0.05) is 157 Å². The molecule has 12 heteroatoms. The van der Waals surface area contributed by atoms with Crippen molar-refractivity contribution in [1.82, 2.24) is 15.2 Å². The third kappa shape index (κ3) is 7.64. The molecule has 0 N–H and O–H groups in total. The van der Waals surface area contributed by atoms with Crippen molar-refractivity contribution in [3.63, 3.8) is 0 Å². The summed E-state index contributed by atoms with van der Waals surface area (Å²) in [7, 11) is 0. The molecule has 0 bridgehead atoms. The molecule has 0 atom stereocenters. The van der Waals surface area contributed by atoms with Gasteiger partial charge in [-0.2, -0.15) is 0 Å². The predicted molar refractivity (Wildman–Crippen MR) is 333 cm³/mol. The lowest BCUT2D eigenvalue weighted by molar-refractivity contribution is 0.476. The molecule has 0 aliphatic carbocycles. The van der Waals surface area contributed by atoms with Gasteiger partial charge in [0.1, 0.15) is 11.4 Å². The van der Waals surface area contributed by atoms with Crippen LogP contribution in [0.1, 0.15) is 0 Å². The van der Waals surface area contributed by atoms with Crippen LogP contribution in [-0.2, 0) is 0 Å². The van der Waals surface area contributed by atoms with Gasteiger partial charge in [0.2, 0.25) is 11.8 Å². The van der Waals surface area contributed by atoms with Crippen molar-refractivity contribution < 1.29 is 13.9 Å². The van der Waals surface area contributed by atoms with E-state index in [2.05, 4.69) is 224 Å². The molecule has 13 aromatic rings. The standard InChI is InChI=1S/C71H43N7O3S2/c1-2-20-44(21-3-1)70-73-74-71(81-70)48-41-39-45-42-47(40-38-46(45)43-48)65-66(75-49-22-4-12-30-57(49)79-58-31-13-5-23-50(58)75)69(78-55-28-10-18-36-63(55)83-64-37-19-11-29-56(64)78)72-68(77-51-24-6-14-32-59(51)80-60-33-15-7-25-52(60)77)67(65)76-53-26-8-16-34-61(53)82-62-35-17-9-27-54(62)76/h1-43H. The Morgan fingerprint density at radius 3 is 1.10 bits per heavy atom. The van der Waals surface area contributed by atoms with Crippen molar-refractivity contribution in [1.29, 1.82) is 0 Å². The van der Waals surface area contributed by atoms with Crippen molar-refractivity contribution in [2.75, 3.05) is 19.6 Å². The van der Waals surface area contributed by atoms with Crippen LogP contribution in [0, 0.1) is 0 Å². The van der Waals surface area contributed by atoms with Crippen LogP contribution >= 0.6 is 23.5 Å². The molecule has 0 saturated heterocycles. The molecule has 11 aromatic carbocycles. The first kappa shape index (κ1) is 47.3. The van der Waals surface area contributed by atoms with E-state index >= 15 is 0 Å². The van der Waals surface area contributed by atoms with Gasteiger partial charge >= 0.3 is 0 Å². The fourth-order valence-electron chi connectivity index (χ4n) is 11.9. The molecule has 0 spiro atoms. The minimum absolute atomic E-state index is 0.444. The molecule has 0 amide bonds. The summed E-state index contributed by atoms with van der Waals surface area (Å²) in [6.45, 7) is 0. The quantitative estimate of drug-likeness (QED) is 0.152. The van der Waals surface area contributed by atoms with Crippen LogP contribution in [-0.4, -0.2) is 15.2 Å². The van der Waals surface area contributed by atoms with Crippen LogP contribution < -0.4 is 29.1 Å². The highest BCUT2D eigenvalue weighted by molar-refractivity contribution is 8.00. The minimum Gasteiger partial charge on any atom is -0.453 e. The summed E-state index contributed by atoms with van der Waals surface area (Å²) in [5.41, 5.74) is 12.7. The van der Waals surface area contributed by atoms with Gasteiger partial charge in [-0.25, -0.2) is 4.98 Å². The Morgan fingerprint density at radius 2 is 0.627 bits per heavy atom. The topological polar surface area (TPSA) is 83.2 Å². The van der Waals surface area contributed by atoms with E-state index in [4.69, 9.17) is 18.9 Å². The Morgan fingerprint density at radius 1 is 0.289 bits per heavy atom. The first-order valence-corrected chi connectivity index (χ1v) is 29.0. The zero-order valence-electron chi connectivity index (χ0n) is 44.0. The Labute approximate surface area is 486 Å². The smallest absolute Gasteiger partial charge is 0.248 e. The average Bonchev–Trinajstić information content (AvgIpc) is 2.85. The Bertz CT molecular complexity index is 4380. The molecule has 0 fully saturated rings. The van der Waals surface area contributed by atoms with E-state index < -0.39 is 0 Å². The summed E-state index contributed by atoms with van der Waals surface area (Å²) >= 11 is 3.55. The maximum absolute atomic E-state index is 6.91. The number of hydrogen-bond donors (Lipinski definition) is 0. The molecule has 0 unspecified atom stereocenters. The van der Waals surface area contributed by atoms with Crippen molar-refractivity contribution >= 4 is 103 Å². The molecule has 17 rings (SSSR count). The molecule has 4 aliphatic rings. The van der Waals surface area contributed by atoms with E-state index in [-0.39, 0.29) is 0 Å². The molecule has 4 aliphatic heterocycles. The van der Waals surface area contributed by atoms with Gasteiger partial charge in [-0.15, -0.1) is 10.2 Å². The zero-order valence-corrected chi connectivity index (χ0v) is 45.6. The van der Waals surface area contributed by atoms with Gasteiger partial charge in [0.25, 0.3) is 0 Å². The highest BCUT2D eigenvalue weighted by Gasteiger charge is 2.42. The molecule has 2 aromatic heterocycles. The maximum Gasteiger partial charge on any atom is 0.248 e. The fourth-order valence-corrected chi connectivity index (χ4v) is 14.0. The normalized spacial score (nSPS) is 13.3. The largest absolute Gasteiger partial charge is 0.453 e. The molecule has 0 saturated carbocycles. The Hall–Kier alpha value is -10.5. The number of hydrogen-bond acceptors (Lipinski definition) is 12. The molecule has 10 nitrogen and oxygen atoms in total. The van der Waals surface area contributed by atoms with Crippen LogP contribution in [0.2, 0.25) is 0 Å². The fraction of sp³-hybridized carbons (Fsp3) is 0. The second kappa shape index (κ2) is 19.1. The third-order valence-electron chi connectivity index (χ3n) is 15.5. The number of ether oxygens (including phenoxy) is 2.